The number of hydrogen-bond acceptors (Lipinski definition) is 2. The molecule has 0 bridgehead atoms. The molecule has 2 aliphatic heterocycles. The van der Waals surface area contributed by atoms with Gasteiger partial charge in [-0.15, -0.1) is 0 Å². The molecular formula is C14H25N3O. The number of hydrogen-bond donors (Lipinski definition) is 1. The van der Waals surface area contributed by atoms with E-state index in [-0.39, 0.29) is 6.03 Å². The van der Waals surface area contributed by atoms with E-state index >= 15 is 0 Å². The van der Waals surface area contributed by atoms with Crippen molar-refractivity contribution in [1.82, 2.24) is 15.1 Å². The van der Waals surface area contributed by atoms with Crippen LogP contribution in [0.15, 0.2) is 0 Å². The highest BCUT2D eigenvalue weighted by molar-refractivity contribution is 5.75. The number of nitrogens with one attached hydrogen (secondary N) is 1. The van der Waals surface area contributed by atoms with E-state index in [1.54, 1.807) is 0 Å². The van der Waals surface area contributed by atoms with Crippen molar-refractivity contribution in [2.75, 3.05) is 26.2 Å². The maximum Gasteiger partial charge on any atom is 0.317 e. The maximum absolute atomic E-state index is 12.1. The van der Waals surface area contributed by atoms with Crippen molar-refractivity contribution in [3.8, 4) is 0 Å². The Morgan fingerprint density at radius 3 is 2.39 bits per heavy atom. The Labute approximate surface area is 110 Å². The predicted molar refractivity (Wildman–Crippen MR) is 71.6 cm³/mol. The first-order valence-corrected chi connectivity index (χ1v) is 7.62. The summed E-state index contributed by atoms with van der Waals surface area (Å²) >= 11 is 0. The van der Waals surface area contributed by atoms with Gasteiger partial charge in [0, 0.05) is 25.2 Å². The van der Waals surface area contributed by atoms with Crippen molar-refractivity contribution in [3.05, 3.63) is 0 Å². The third-order valence-corrected chi connectivity index (χ3v) is 4.79. The van der Waals surface area contributed by atoms with E-state index < -0.39 is 0 Å². The van der Waals surface area contributed by atoms with Gasteiger partial charge in [0.25, 0.3) is 0 Å². The Bertz CT molecular complexity index is 297. The van der Waals surface area contributed by atoms with Gasteiger partial charge in [-0.3, -0.25) is 4.90 Å². The number of urea groups is 1. The second-order valence-electron chi connectivity index (χ2n) is 6.06. The molecule has 2 amide bonds. The first-order valence-electron chi connectivity index (χ1n) is 7.62. The molecule has 102 valence electrons. The standard InChI is InChI=1S/C14H25N3O/c18-14(15-12-5-4-6-12)17-10-7-13(11-17)16-8-2-1-3-9-16/h12-13H,1-11H2,(H,15,18). The first kappa shape index (κ1) is 12.3. The predicted octanol–water partition coefficient (Wildman–Crippen LogP) is 1.81. The molecule has 3 aliphatic rings. The van der Waals surface area contributed by atoms with Crippen molar-refractivity contribution in [2.24, 2.45) is 0 Å². The zero-order valence-electron chi connectivity index (χ0n) is 11.2. The Kier molecular flexibility index (Phi) is 3.73. The topological polar surface area (TPSA) is 35.6 Å². The van der Waals surface area contributed by atoms with Gasteiger partial charge >= 0.3 is 6.03 Å². The quantitative estimate of drug-likeness (QED) is 0.812. The van der Waals surface area contributed by atoms with Crippen LogP contribution in [-0.4, -0.2) is 54.1 Å². The third kappa shape index (κ3) is 2.63. The molecule has 1 unspecified atom stereocenters. The molecule has 3 fully saturated rings. The third-order valence-electron chi connectivity index (χ3n) is 4.79. The van der Waals surface area contributed by atoms with Crippen LogP contribution in [0.3, 0.4) is 0 Å². The van der Waals surface area contributed by atoms with Crippen LogP contribution >= 0.6 is 0 Å². The first-order chi connectivity index (χ1) is 8.83. The Balaban J connectivity index is 1.46. The minimum absolute atomic E-state index is 0.180. The van der Waals surface area contributed by atoms with Crippen LogP contribution in [0.4, 0.5) is 4.79 Å². The molecule has 1 atom stereocenters. The average molecular weight is 251 g/mol. The lowest BCUT2D eigenvalue weighted by Crippen LogP contribution is -2.48. The van der Waals surface area contributed by atoms with Crippen LogP contribution in [0.5, 0.6) is 0 Å². The maximum atomic E-state index is 12.1. The van der Waals surface area contributed by atoms with E-state index in [9.17, 15) is 4.79 Å². The lowest BCUT2D eigenvalue weighted by atomic mass is 9.93. The molecule has 3 rings (SSSR count). The summed E-state index contributed by atoms with van der Waals surface area (Å²) in [5.74, 6) is 0. The molecule has 18 heavy (non-hydrogen) atoms. The summed E-state index contributed by atoms with van der Waals surface area (Å²) in [5, 5.41) is 3.15. The van der Waals surface area contributed by atoms with Gasteiger partial charge in [0.2, 0.25) is 0 Å². The van der Waals surface area contributed by atoms with E-state index in [0.717, 1.165) is 19.5 Å². The van der Waals surface area contributed by atoms with Crippen LogP contribution in [0.1, 0.15) is 44.9 Å². The molecule has 1 aliphatic carbocycles. The highest BCUT2D eigenvalue weighted by Crippen LogP contribution is 2.22. The van der Waals surface area contributed by atoms with Crippen LogP contribution in [0.2, 0.25) is 0 Å². The number of nitrogens with zero attached hydrogens (tertiary/aromatic N) is 2. The van der Waals surface area contributed by atoms with Crippen LogP contribution in [-0.2, 0) is 0 Å². The monoisotopic (exact) mass is 251 g/mol. The van der Waals surface area contributed by atoms with E-state index in [4.69, 9.17) is 0 Å². The molecule has 4 heteroatoms. The van der Waals surface area contributed by atoms with Crippen LogP contribution < -0.4 is 5.32 Å². The van der Waals surface area contributed by atoms with Crippen molar-refractivity contribution in [2.45, 2.75) is 57.0 Å². The second-order valence-corrected chi connectivity index (χ2v) is 6.06. The molecule has 2 saturated heterocycles. The van der Waals surface area contributed by atoms with Gasteiger partial charge in [-0.2, -0.15) is 0 Å². The fourth-order valence-electron chi connectivity index (χ4n) is 3.33. The van der Waals surface area contributed by atoms with Crippen LogP contribution in [0, 0.1) is 0 Å². The zero-order valence-corrected chi connectivity index (χ0v) is 11.2. The molecule has 0 radical (unpaired) electrons. The SMILES string of the molecule is O=C(NC1CCC1)N1CCC(N2CCCCC2)C1. The van der Waals surface area contributed by atoms with Gasteiger partial charge < -0.3 is 10.2 Å². The number of carbonyl (C=O) groups excluding carboxylic acids is 1. The molecule has 0 spiro atoms. The molecule has 0 aromatic carbocycles. The molecule has 1 saturated carbocycles. The summed E-state index contributed by atoms with van der Waals surface area (Å²) in [4.78, 5) is 16.7. The Morgan fingerprint density at radius 2 is 1.72 bits per heavy atom. The molecule has 0 aromatic rings. The second kappa shape index (κ2) is 5.47. The fourth-order valence-corrected chi connectivity index (χ4v) is 3.33. The smallest absolute Gasteiger partial charge is 0.317 e. The minimum Gasteiger partial charge on any atom is -0.335 e. The molecule has 1 N–H and O–H groups in total. The molecule has 0 aromatic heterocycles. The van der Waals surface area contributed by atoms with Crippen molar-refractivity contribution in [3.63, 3.8) is 0 Å². The number of likely N-dealkylation sites (tertiary alicyclic amines) is 2. The molecule has 4 nitrogen and oxygen atoms in total. The zero-order chi connectivity index (χ0) is 12.4. The highest BCUT2D eigenvalue weighted by Gasteiger charge is 2.32. The largest absolute Gasteiger partial charge is 0.335 e. The van der Waals surface area contributed by atoms with Gasteiger partial charge in [0.1, 0.15) is 0 Å². The number of amides is 2. The van der Waals surface area contributed by atoms with Gasteiger partial charge in [0.05, 0.1) is 0 Å². The summed E-state index contributed by atoms with van der Waals surface area (Å²) in [5.41, 5.74) is 0. The normalized spacial score (nSPS) is 30.2. The van der Waals surface area contributed by atoms with Crippen LogP contribution in [0.25, 0.3) is 0 Å². The fraction of sp³-hybridized carbons (Fsp3) is 0.929. The summed E-state index contributed by atoms with van der Waals surface area (Å²) in [6.07, 6.45) is 8.86. The van der Waals surface area contributed by atoms with Crippen molar-refractivity contribution in [1.29, 1.82) is 0 Å². The summed E-state index contributed by atoms with van der Waals surface area (Å²) in [6, 6.07) is 1.27. The molecule has 2 heterocycles. The number of rotatable bonds is 2. The van der Waals surface area contributed by atoms with E-state index in [1.165, 1.54) is 51.6 Å². The van der Waals surface area contributed by atoms with E-state index in [0.29, 0.717) is 12.1 Å². The highest BCUT2D eigenvalue weighted by atomic mass is 16.2. The Hall–Kier alpha value is -0.770. The van der Waals surface area contributed by atoms with Gasteiger partial charge in [-0.05, 0) is 51.6 Å². The lowest BCUT2D eigenvalue weighted by Gasteiger charge is -2.32. The van der Waals surface area contributed by atoms with Crippen molar-refractivity contribution < 1.29 is 4.79 Å². The number of piperidine rings is 1. The summed E-state index contributed by atoms with van der Waals surface area (Å²) in [7, 11) is 0. The van der Waals surface area contributed by atoms with E-state index in [1.807, 2.05) is 4.90 Å². The average Bonchev–Trinajstić information content (AvgIpc) is 2.84. The van der Waals surface area contributed by atoms with E-state index in [2.05, 4.69) is 10.2 Å². The summed E-state index contributed by atoms with van der Waals surface area (Å²) < 4.78 is 0. The summed E-state index contributed by atoms with van der Waals surface area (Å²) in [6.45, 7) is 4.36. The Morgan fingerprint density at radius 1 is 0.944 bits per heavy atom. The molecular weight excluding hydrogens is 226 g/mol. The van der Waals surface area contributed by atoms with Gasteiger partial charge in [-0.1, -0.05) is 6.42 Å². The van der Waals surface area contributed by atoms with Gasteiger partial charge in [-0.25, -0.2) is 4.79 Å². The minimum atomic E-state index is 0.180. The number of carbonyl (C=O) groups is 1. The van der Waals surface area contributed by atoms with Gasteiger partial charge in [0.15, 0.2) is 0 Å². The lowest BCUT2D eigenvalue weighted by molar-refractivity contribution is 0.159. The van der Waals surface area contributed by atoms with Crippen molar-refractivity contribution >= 4 is 6.03 Å².